The van der Waals surface area contributed by atoms with Crippen molar-refractivity contribution in [3.8, 4) is 11.3 Å². The van der Waals surface area contributed by atoms with Gasteiger partial charge in [-0.2, -0.15) is 0 Å². The molecule has 226 valence electrons. The van der Waals surface area contributed by atoms with Crippen molar-refractivity contribution < 1.29 is 13.2 Å². The molecule has 7 heteroatoms. The van der Waals surface area contributed by atoms with Crippen LogP contribution in [0.4, 0.5) is 0 Å². The Morgan fingerprint density at radius 3 is 1.85 bits per heavy atom. The number of ketones is 1. The summed E-state index contributed by atoms with van der Waals surface area (Å²) in [6.07, 6.45) is 7.02. The molecule has 1 aliphatic rings. The largest absolute Gasteiger partial charge is 0.318 e. The second-order valence-electron chi connectivity index (χ2n) is 11.4. The topological polar surface area (TPSA) is 95.0 Å². The highest BCUT2D eigenvalue weighted by molar-refractivity contribution is 7.89. The van der Waals surface area contributed by atoms with E-state index >= 15 is 0 Å². The lowest BCUT2D eigenvalue weighted by Crippen LogP contribution is -2.36. The molecule has 0 aliphatic heterocycles. The maximum Gasteiger partial charge on any atom is 0.238 e. The van der Waals surface area contributed by atoms with E-state index in [1.165, 1.54) is 12.1 Å². The number of sulfonamides is 1. The average Bonchev–Trinajstić information content (AvgIpc) is 3.58. The van der Waals surface area contributed by atoms with Crippen LogP contribution in [-0.2, 0) is 22.0 Å². The molecule has 0 saturated heterocycles. The standard InChI is InChI=1S/C39H31N3O3S/c40-46(44,45)34-23-22-28-20-21-30(38(43)36(28)25-34)24-29-12-10-11-19-35(29)37-26-42(27-41-37)39(31-13-4-1-5-14-31,32-15-6-2-7-16-32)33-17-8-3-9-18-33/h1-19,22-27H,20-21H2,(H2,40,44,45)/b30-24+. The fraction of sp³-hybridized carbons (Fsp3) is 0.0769. The molecular formula is C39H31N3O3S. The summed E-state index contributed by atoms with van der Waals surface area (Å²) in [6, 6.07) is 43.7. The third-order valence-electron chi connectivity index (χ3n) is 8.72. The van der Waals surface area contributed by atoms with Crippen LogP contribution >= 0.6 is 0 Å². The van der Waals surface area contributed by atoms with Gasteiger partial charge >= 0.3 is 0 Å². The van der Waals surface area contributed by atoms with Gasteiger partial charge in [-0.15, -0.1) is 0 Å². The monoisotopic (exact) mass is 621 g/mol. The van der Waals surface area contributed by atoms with Crippen LogP contribution in [0.1, 0.15) is 44.6 Å². The van der Waals surface area contributed by atoms with Gasteiger partial charge in [-0.05, 0) is 58.9 Å². The molecule has 0 saturated carbocycles. The smallest absolute Gasteiger partial charge is 0.238 e. The number of Topliss-reactive ketones (excluding diaryl/α,β-unsaturated/α-hetero) is 1. The van der Waals surface area contributed by atoms with Crippen molar-refractivity contribution in [2.75, 3.05) is 0 Å². The maximum atomic E-state index is 13.6. The number of primary sulfonamides is 1. The molecule has 0 spiro atoms. The SMILES string of the molecule is NS(=O)(=O)c1ccc2c(c1)C(=O)/C(=C/c1ccccc1-c1cn(C(c3ccccc3)(c3ccccc3)c3ccccc3)cn1)CC2. The molecule has 1 heterocycles. The molecule has 0 bridgehead atoms. The second-order valence-corrected chi connectivity index (χ2v) is 13.0. The molecule has 7 rings (SSSR count). The minimum absolute atomic E-state index is 0.0643. The molecule has 1 aliphatic carbocycles. The van der Waals surface area contributed by atoms with E-state index in [1.54, 1.807) is 6.07 Å². The number of nitrogens with zero attached hydrogens (tertiary/aromatic N) is 2. The Morgan fingerprint density at radius 2 is 1.26 bits per heavy atom. The summed E-state index contributed by atoms with van der Waals surface area (Å²) in [5.41, 5.74) is 6.89. The molecule has 0 amide bonds. The van der Waals surface area contributed by atoms with Gasteiger partial charge in [-0.3, -0.25) is 4.79 Å². The van der Waals surface area contributed by atoms with Crippen LogP contribution in [-0.4, -0.2) is 23.8 Å². The van der Waals surface area contributed by atoms with E-state index in [4.69, 9.17) is 10.1 Å². The van der Waals surface area contributed by atoms with E-state index in [9.17, 15) is 13.2 Å². The summed E-state index contributed by atoms with van der Waals surface area (Å²) >= 11 is 0. The zero-order valence-electron chi connectivity index (χ0n) is 25.0. The van der Waals surface area contributed by atoms with Crippen LogP contribution in [0.3, 0.4) is 0 Å². The Balaban J connectivity index is 1.35. The summed E-state index contributed by atoms with van der Waals surface area (Å²) in [6.45, 7) is 0. The van der Waals surface area contributed by atoms with Crippen LogP contribution in [0.2, 0.25) is 0 Å². The number of carbonyl (C=O) groups excluding carboxylic acids is 1. The van der Waals surface area contributed by atoms with Crippen molar-refractivity contribution in [1.82, 2.24) is 9.55 Å². The molecule has 0 radical (unpaired) electrons. The number of carbonyl (C=O) groups is 1. The zero-order valence-corrected chi connectivity index (χ0v) is 25.8. The number of aryl methyl sites for hydroxylation is 1. The zero-order chi connectivity index (χ0) is 31.7. The van der Waals surface area contributed by atoms with E-state index in [0.717, 1.165) is 39.1 Å². The second kappa shape index (κ2) is 11.9. The quantitative estimate of drug-likeness (QED) is 0.150. The number of nitrogens with two attached hydrogens (primary N) is 1. The number of benzene rings is 5. The van der Waals surface area contributed by atoms with Gasteiger partial charge in [-0.25, -0.2) is 18.5 Å². The fourth-order valence-corrected chi connectivity index (χ4v) is 7.07. The van der Waals surface area contributed by atoms with Crippen LogP contribution in [0.25, 0.3) is 17.3 Å². The fourth-order valence-electron chi connectivity index (χ4n) is 6.53. The highest BCUT2D eigenvalue weighted by Crippen LogP contribution is 2.42. The summed E-state index contributed by atoms with van der Waals surface area (Å²) in [4.78, 5) is 18.5. The number of hydrogen-bond acceptors (Lipinski definition) is 4. The van der Waals surface area contributed by atoms with E-state index in [-0.39, 0.29) is 10.7 Å². The van der Waals surface area contributed by atoms with Gasteiger partial charge in [0.25, 0.3) is 0 Å². The van der Waals surface area contributed by atoms with Crippen LogP contribution in [0.5, 0.6) is 0 Å². The third-order valence-corrected chi connectivity index (χ3v) is 9.63. The Hall–Kier alpha value is -5.37. The van der Waals surface area contributed by atoms with E-state index in [0.29, 0.717) is 24.0 Å². The van der Waals surface area contributed by atoms with Crippen molar-refractivity contribution in [3.63, 3.8) is 0 Å². The summed E-state index contributed by atoms with van der Waals surface area (Å²) < 4.78 is 26.1. The maximum absolute atomic E-state index is 13.6. The minimum Gasteiger partial charge on any atom is -0.318 e. The Kier molecular flexibility index (Phi) is 7.56. The minimum atomic E-state index is -3.93. The predicted molar refractivity (Wildman–Crippen MR) is 181 cm³/mol. The molecule has 6 nitrogen and oxygen atoms in total. The van der Waals surface area contributed by atoms with Crippen molar-refractivity contribution in [2.24, 2.45) is 5.14 Å². The first-order valence-corrected chi connectivity index (χ1v) is 16.6. The molecule has 46 heavy (non-hydrogen) atoms. The Labute approximate surface area is 268 Å². The molecule has 0 fully saturated rings. The van der Waals surface area contributed by atoms with Crippen LogP contribution < -0.4 is 5.14 Å². The number of imidazole rings is 1. The Bertz CT molecular complexity index is 2090. The van der Waals surface area contributed by atoms with E-state index in [1.807, 2.05) is 54.9 Å². The highest BCUT2D eigenvalue weighted by Gasteiger charge is 2.38. The lowest BCUT2D eigenvalue weighted by atomic mass is 9.77. The van der Waals surface area contributed by atoms with Crippen molar-refractivity contribution in [2.45, 2.75) is 23.3 Å². The van der Waals surface area contributed by atoms with Gasteiger partial charge in [0, 0.05) is 22.9 Å². The van der Waals surface area contributed by atoms with Gasteiger partial charge in [0.2, 0.25) is 10.0 Å². The van der Waals surface area contributed by atoms with Crippen LogP contribution in [0.15, 0.2) is 156 Å². The normalized spacial score (nSPS) is 14.3. The highest BCUT2D eigenvalue weighted by atomic mass is 32.2. The lowest BCUT2D eigenvalue weighted by Gasteiger charge is -2.37. The van der Waals surface area contributed by atoms with Crippen LogP contribution in [0, 0.1) is 0 Å². The summed E-state index contributed by atoms with van der Waals surface area (Å²) in [7, 11) is -3.93. The molecular weight excluding hydrogens is 591 g/mol. The number of fused-ring (bicyclic) bond motifs is 1. The van der Waals surface area contributed by atoms with Gasteiger partial charge in [0.1, 0.15) is 5.54 Å². The van der Waals surface area contributed by atoms with Crippen molar-refractivity contribution in [3.05, 3.63) is 185 Å². The van der Waals surface area contributed by atoms with Gasteiger partial charge in [0.15, 0.2) is 5.78 Å². The molecule has 0 unspecified atom stereocenters. The van der Waals surface area contributed by atoms with Gasteiger partial charge in [-0.1, -0.05) is 121 Å². The number of hydrogen-bond donors (Lipinski definition) is 1. The first kappa shape index (κ1) is 29.3. The number of rotatable bonds is 7. The first-order chi connectivity index (χ1) is 22.4. The molecule has 0 atom stereocenters. The third kappa shape index (κ3) is 5.19. The van der Waals surface area contributed by atoms with Gasteiger partial charge in [0.05, 0.1) is 16.9 Å². The molecule has 2 N–H and O–H groups in total. The predicted octanol–water partition coefficient (Wildman–Crippen LogP) is 7.25. The first-order valence-electron chi connectivity index (χ1n) is 15.1. The molecule has 5 aromatic carbocycles. The van der Waals surface area contributed by atoms with Crippen molar-refractivity contribution in [1.29, 1.82) is 0 Å². The molecule has 1 aromatic heterocycles. The van der Waals surface area contributed by atoms with E-state index in [2.05, 4.69) is 83.6 Å². The van der Waals surface area contributed by atoms with Gasteiger partial charge < -0.3 is 4.57 Å². The molecule has 6 aromatic rings. The van der Waals surface area contributed by atoms with E-state index < -0.39 is 15.6 Å². The summed E-state index contributed by atoms with van der Waals surface area (Å²) in [5.74, 6) is -0.191. The number of allylic oxidation sites excluding steroid dienone is 1. The number of aromatic nitrogens is 2. The summed E-state index contributed by atoms with van der Waals surface area (Å²) in [5, 5.41) is 5.36. The average molecular weight is 622 g/mol. The van der Waals surface area contributed by atoms with Crippen molar-refractivity contribution >= 4 is 21.9 Å². The Morgan fingerprint density at radius 1 is 0.696 bits per heavy atom. The lowest BCUT2D eigenvalue weighted by molar-refractivity contribution is 0.102.